The van der Waals surface area contributed by atoms with E-state index in [-0.39, 0.29) is 49.1 Å². The second-order valence-corrected chi connectivity index (χ2v) is 7.47. The molecule has 3 rings (SSSR count). The first-order chi connectivity index (χ1) is 13.3. The predicted molar refractivity (Wildman–Crippen MR) is 109 cm³/mol. The number of hydrogen-bond donors (Lipinski definition) is 0. The molecule has 0 saturated heterocycles. The quantitative estimate of drug-likeness (QED) is 0.179. The van der Waals surface area contributed by atoms with E-state index in [1.54, 1.807) is 12.1 Å². The van der Waals surface area contributed by atoms with Crippen molar-refractivity contribution in [3.63, 3.8) is 0 Å². The summed E-state index contributed by atoms with van der Waals surface area (Å²) in [4.78, 5) is 39.3. The van der Waals surface area contributed by atoms with Gasteiger partial charge in [-0.15, -0.1) is 0 Å². The fourth-order valence-corrected chi connectivity index (χ4v) is 3.81. The maximum atomic E-state index is 13.0. The highest BCUT2D eigenvalue weighted by Crippen LogP contribution is 2.46. The van der Waals surface area contributed by atoms with E-state index >= 15 is 0 Å². The summed E-state index contributed by atoms with van der Waals surface area (Å²) in [5.41, 5.74) is -0.174. The van der Waals surface area contributed by atoms with Crippen molar-refractivity contribution in [2.45, 2.75) is 19.8 Å². The van der Waals surface area contributed by atoms with Gasteiger partial charge in [0, 0.05) is 0 Å². The Kier molecular flexibility index (Phi) is 6.20. The van der Waals surface area contributed by atoms with Crippen LogP contribution < -0.4 is 4.90 Å². The molecule has 2 aromatic rings. The molecular weight excluding hydrogens is 448 g/mol. The Balaban J connectivity index is 2.09. The van der Waals surface area contributed by atoms with Crippen LogP contribution in [0.15, 0.2) is 24.3 Å². The van der Waals surface area contributed by atoms with Crippen LogP contribution in [0.2, 0.25) is 20.1 Å². The average Bonchev–Trinajstić information content (AvgIpc) is 2.95. The lowest BCUT2D eigenvalue weighted by atomic mass is 10.1. The van der Waals surface area contributed by atoms with Gasteiger partial charge in [-0.1, -0.05) is 71.9 Å². The van der Waals surface area contributed by atoms with Gasteiger partial charge in [-0.25, -0.2) is 9.69 Å². The number of amides is 2. The van der Waals surface area contributed by atoms with Crippen LogP contribution >= 0.6 is 46.4 Å². The predicted octanol–water partition coefficient (Wildman–Crippen LogP) is 6.06. The number of imide groups is 1. The topological polar surface area (TPSA) is 63.7 Å². The molecule has 146 valence electrons. The summed E-state index contributed by atoms with van der Waals surface area (Å²) in [5, 5.41) is -0.588. The molecule has 1 aliphatic rings. The molecule has 0 fully saturated rings. The van der Waals surface area contributed by atoms with Crippen molar-refractivity contribution in [3.05, 3.63) is 61.0 Å². The van der Waals surface area contributed by atoms with E-state index in [0.717, 1.165) is 11.3 Å². The number of para-hydroxylation sites is 1. The molecule has 0 saturated carbocycles. The van der Waals surface area contributed by atoms with Crippen LogP contribution in [0.1, 0.15) is 50.8 Å². The first-order valence-corrected chi connectivity index (χ1v) is 9.83. The molecule has 2 aromatic carbocycles. The maximum Gasteiger partial charge on any atom is 0.340 e. The third kappa shape index (κ3) is 3.37. The van der Waals surface area contributed by atoms with Crippen LogP contribution in [0.4, 0.5) is 5.69 Å². The van der Waals surface area contributed by atoms with Gasteiger partial charge in [0.2, 0.25) is 0 Å². The molecule has 0 aliphatic carbocycles. The third-order valence-corrected chi connectivity index (χ3v) is 6.00. The van der Waals surface area contributed by atoms with E-state index in [0.29, 0.717) is 6.42 Å². The summed E-state index contributed by atoms with van der Waals surface area (Å²) >= 11 is 24.3. The summed E-state index contributed by atoms with van der Waals surface area (Å²) in [6.45, 7) is 2.19. The Morgan fingerprint density at radius 1 is 0.929 bits per heavy atom. The Hall–Kier alpha value is -1.79. The molecule has 0 N–H and O–H groups in total. The fourth-order valence-electron chi connectivity index (χ4n) is 2.80. The number of anilines is 1. The highest BCUT2D eigenvalue weighted by molar-refractivity contribution is 6.56. The Morgan fingerprint density at radius 2 is 1.46 bits per heavy atom. The molecule has 0 aromatic heterocycles. The first kappa shape index (κ1) is 20.9. The molecule has 0 radical (unpaired) electrons. The van der Waals surface area contributed by atoms with Gasteiger partial charge in [0.05, 0.1) is 49.1 Å². The van der Waals surface area contributed by atoms with E-state index in [1.165, 1.54) is 12.1 Å². The molecule has 9 heteroatoms. The molecular formula is C19H13Cl4NO4. The second kappa shape index (κ2) is 8.29. The molecule has 28 heavy (non-hydrogen) atoms. The normalized spacial score (nSPS) is 13.1. The summed E-state index contributed by atoms with van der Waals surface area (Å²) in [5.74, 6) is -2.15. The number of nitrogens with zero attached hydrogens (tertiary/aromatic N) is 1. The number of rotatable bonds is 5. The zero-order valence-corrected chi connectivity index (χ0v) is 17.5. The number of ether oxygens (including phenoxy) is 1. The van der Waals surface area contributed by atoms with Crippen LogP contribution in [0.5, 0.6) is 0 Å². The van der Waals surface area contributed by atoms with Crippen molar-refractivity contribution < 1.29 is 19.1 Å². The minimum atomic E-state index is -0.751. The van der Waals surface area contributed by atoms with Gasteiger partial charge in [-0.05, 0) is 18.6 Å². The molecule has 0 spiro atoms. The number of benzene rings is 2. The van der Waals surface area contributed by atoms with E-state index in [1.807, 2.05) is 6.92 Å². The van der Waals surface area contributed by atoms with Gasteiger partial charge in [-0.2, -0.15) is 0 Å². The van der Waals surface area contributed by atoms with Gasteiger partial charge in [0.1, 0.15) is 0 Å². The van der Waals surface area contributed by atoms with Gasteiger partial charge in [0.15, 0.2) is 0 Å². The maximum absolute atomic E-state index is 13.0. The smallest absolute Gasteiger partial charge is 0.340 e. The number of carbonyl (C=O) groups is 3. The van der Waals surface area contributed by atoms with E-state index in [9.17, 15) is 14.4 Å². The Labute approximate surface area is 181 Å². The lowest BCUT2D eigenvalue weighted by Gasteiger charge is -2.17. The number of fused-ring (bicyclic) bond motifs is 1. The van der Waals surface area contributed by atoms with Crippen molar-refractivity contribution >= 4 is 69.9 Å². The van der Waals surface area contributed by atoms with E-state index < -0.39 is 17.8 Å². The molecule has 0 atom stereocenters. The number of unbranched alkanes of at least 4 members (excludes halogenated alkanes) is 1. The monoisotopic (exact) mass is 459 g/mol. The summed E-state index contributed by atoms with van der Waals surface area (Å²) in [7, 11) is 0. The van der Waals surface area contributed by atoms with E-state index in [4.69, 9.17) is 51.1 Å². The van der Waals surface area contributed by atoms with Crippen LogP contribution in [0.25, 0.3) is 0 Å². The van der Waals surface area contributed by atoms with Crippen molar-refractivity contribution in [3.8, 4) is 0 Å². The van der Waals surface area contributed by atoms with Crippen LogP contribution in [-0.2, 0) is 4.74 Å². The standard InChI is InChI=1S/C19H13Cl4NO4/c1-2-3-8-28-19(27)9-6-4-5-7-10(9)24-17(25)11-12(18(24)26)14(21)16(23)15(22)13(11)20/h4-7H,2-3,8H2,1H3. The van der Waals surface area contributed by atoms with Crippen molar-refractivity contribution in [2.24, 2.45) is 0 Å². The van der Waals surface area contributed by atoms with Crippen LogP contribution in [-0.4, -0.2) is 24.4 Å². The van der Waals surface area contributed by atoms with Gasteiger partial charge in [0.25, 0.3) is 11.8 Å². The minimum Gasteiger partial charge on any atom is -0.462 e. The van der Waals surface area contributed by atoms with Crippen molar-refractivity contribution in [1.82, 2.24) is 0 Å². The van der Waals surface area contributed by atoms with Gasteiger partial charge < -0.3 is 4.74 Å². The number of hydrogen-bond acceptors (Lipinski definition) is 4. The van der Waals surface area contributed by atoms with Crippen LogP contribution in [0.3, 0.4) is 0 Å². The highest BCUT2D eigenvalue weighted by atomic mass is 35.5. The Morgan fingerprint density at radius 3 is 2.00 bits per heavy atom. The van der Waals surface area contributed by atoms with Gasteiger partial charge >= 0.3 is 5.97 Å². The first-order valence-electron chi connectivity index (χ1n) is 8.32. The number of halogens is 4. The molecule has 0 bridgehead atoms. The zero-order chi connectivity index (χ0) is 20.6. The largest absolute Gasteiger partial charge is 0.462 e. The Bertz CT molecular complexity index is 959. The SMILES string of the molecule is CCCCOC(=O)c1ccccc1N1C(=O)c2c(Cl)c(Cl)c(Cl)c(Cl)c2C1=O. The zero-order valence-electron chi connectivity index (χ0n) is 14.5. The molecule has 2 amide bonds. The van der Waals surface area contributed by atoms with Gasteiger partial charge in [-0.3, -0.25) is 9.59 Å². The number of carbonyl (C=O) groups excluding carboxylic acids is 3. The highest BCUT2D eigenvalue weighted by Gasteiger charge is 2.43. The summed E-state index contributed by atoms with van der Waals surface area (Å²) < 4.78 is 5.22. The number of esters is 1. The molecule has 1 aliphatic heterocycles. The lowest BCUT2D eigenvalue weighted by Crippen LogP contribution is -2.31. The van der Waals surface area contributed by atoms with Crippen molar-refractivity contribution in [1.29, 1.82) is 0 Å². The average molecular weight is 461 g/mol. The fraction of sp³-hybridized carbons (Fsp3) is 0.211. The molecule has 5 nitrogen and oxygen atoms in total. The minimum absolute atomic E-state index is 0.0644. The van der Waals surface area contributed by atoms with Crippen LogP contribution in [0, 0.1) is 0 Å². The summed E-state index contributed by atoms with van der Waals surface area (Å²) in [6, 6.07) is 6.12. The molecule has 0 unspecified atom stereocenters. The molecule has 1 heterocycles. The second-order valence-electron chi connectivity index (χ2n) is 5.96. The lowest BCUT2D eigenvalue weighted by molar-refractivity contribution is 0.0501. The van der Waals surface area contributed by atoms with E-state index in [2.05, 4.69) is 0 Å². The van der Waals surface area contributed by atoms with Crippen molar-refractivity contribution in [2.75, 3.05) is 11.5 Å². The summed E-state index contributed by atoms with van der Waals surface area (Å²) in [6.07, 6.45) is 1.55. The third-order valence-electron chi connectivity index (χ3n) is 4.20.